The predicted molar refractivity (Wildman–Crippen MR) is 88.0 cm³/mol. The molecule has 1 heterocycles. The second kappa shape index (κ2) is 7.00. The molecule has 1 aliphatic heterocycles. The molecular formula is C18H17NO6. The van der Waals surface area contributed by atoms with Crippen molar-refractivity contribution in [3.05, 3.63) is 47.5 Å². The van der Waals surface area contributed by atoms with Gasteiger partial charge in [-0.05, 0) is 17.5 Å². The first-order valence-corrected chi connectivity index (χ1v) is 7.85. The summed E-state index contributed by atoms with van der Waals surface area (Å²) in [5.41, 5.74) is 0.855. The Kier molecular flexibility index (Phi) is 4.78. The van der Waals surface area contributed by atoms with Gasteiger partial charge < -0.3 is 14.9 Å². The second-order valence-electron chi connectivity index (χ2n) is 5.74. The smallest absolute Gasteiger partial charge is 0.307 e. The molecule has 1 atom stereocenters. The van der Waals surface area contributed by atoms with Crippen LogP contribution in [0, 0.1) is 0 Å². The van der Waals surface area contributed by atoms with E-state index in [1.165, 1.54) is 0 Å². The normalized spacial score (nSPS) is 14.7. The highest BCUT2D eigenvalue weighted by Gasteiger charge is 2.32. The average molecular weight is 343 g/mol. The zero-order chi connectivity index (χ0) is 18.0. The van der Waals surface area contributed by atoms with Crippen LogP contribution >= 0.6 is 0 Å². The van der Waals surface area contributed by atoms with Crippen LogP contribution in [0.1, 0.15) is 27.1 Å². The number of esters is 1. The molecule has 0 bridgehead atoms. The molecule has 7 heteroatoms. The van der Waals surface area contributed by atoms with Crippen molar-refractivity contribution in [1.29, 1.82) is 0 Å². The summed E-state index contributed by atoms with van der Waals surface area (Å²) in [6.45, 7) is -0.965. The van der Waals surface area contributed by atoms with Gasteiger partial charge in [-0.15, -0.1) is 0 Å². The Morgan fingerprint density at radius 3 is 2.24 bits per heavy atom. The van der Waals surface area contributed by atoms with Crippen LogP contribution in [0.5, 0.6) is 0 Å². The van der Waals surface area contributed by atoms with Gasteiger partial charge in [0.2, 0.25) is 0 Å². The Morgan fingerprint density at radius 1 is 1.08 bits per heavy atom. The van der Waals surface area contributed by atoms with Gasteiger partial charge in [0.1, 0.15) is 12.7 Å². The standard InChI is InChI=1S/C18H17NO6/c20-9-12(21)10-25-15(22)7-8-19-17(23)13-5-1-3-11-4-2-6-14(16(11)13)18(19)24/h1-6,12,20-21H,7-10H2. The zero-order valence-corrected chi connectivity index (χ0v) is 13.3. The number of amides is 2. The third-order valence-corrected chi connectivity index (χ3v) is 4.04. The molecule has 130 valence electrons. The maximum Gasteiger partial charge on any atom is 0.307 e. The van der Waals surface area contributed by atoms with Crippen LogP contribution in [0.25, 0.3) is 10.8 Å². The number of imide groups is 1. The predicted octanol–water partition coefficient (Wildman–Crippen LogP) is 0.722. The van der Waals surface area contributed by atoms with Gasteiger partial charge in [0, 0.05) is 23.1 Å². The van der Waals surface area contributed by atoms with E-state index >= 15 is 0 Å². The molecule has 3 rings (SSSR count). The summed E-state index contributed by atoms with van der Waals surface area (Å²) in [7, 11) is 0. The zero-order valence-electron chi connectivity index (χ0n) is 13.3. The first kappa shape index (κ1) is 17.1. The lowest BCUT2D eigenvalue weighted by Crippen LogP contribution is -2.41. The Hall–Kier alpha value is -2.77. The highest BCUT2D eigenvalue weighted by atomic mass is 16.5. The summed E-state index contributed by atoms with van der Waals surface area (Å²) in [6, 6.07) is 10.5. The molecular weight excluding hydrogens is 326 g/mol. The van der Waals surface area contributed by atoms with Gasteiger partial charge in [-0.25, -0.2) is 0 Å². The van der Waals surface area contributed by atoms with Gasteiger partial charge in [0.15, 0.2) is 0 Å². The highest BCUT2D eigenvalue weighted by molar-refractivity contribution is 6.25. The Labute approximate surface area is 143 Å². The number of benzene rings is 2. The summed E-state index contributed by atoms with van der Waals surface area (Å²) >= 11 is 0. The molecule has 2 amide bonds. The van der Waals surface area contributed by atoms with Crippen molar-refractivity contribution < 1.29 is 29.3 Å². The second-order valence-corrected chi connectivity index (χ2v) is 5.74. The molecule has 1 aliphatic rings. The van der Waals surface area contributed by atoms with Crippen LogP contribution < -0.4 is 0 Å². The third kappa shape index (κ3) is 3.24. The molecule has 2 aromatic carbocycles. The summed E-state index contributed by atoms with van der Waals surface area (Å²) in [4.78, 5) is 38.0. The Morgan fingerprint density at radius 2 is 1.68 bits per heavy atom. The van der Waals surface area contributed by atoms with Crippen molar-refractivity contribution in [3.8, 4) is 0 Å². The van der Waals surface area contributed by atoms with Gasteiger partial charge in [0.25, 0.3) is 11.8 Å². The molecule has 0 fully saturated rings. The molecule has 0 spiro atoms. The van der Waals surface area contributed by atoms with E-state index in [0.717, 1.165) is 10.3 Å². The number of carbonyl (C=O) groups excluding carboxylic acids is 3. The number of hydrogen-bond donors (Lipinski definition) is 2. The molecule has 2 N–H and O–H groups in total. The monoisotopic (exact) mass is 343 g/mol. The molecule has 25 heavy (non-hydrogen) atoms. The van der Waals surface area contributed by atoms with Crippen LogP contribution in [0.15, 0.2) is 36.4 Å². The minimum atomic E-state index is -1.15. The maximum absolute atomic E-state index is 12.6. The summed E-state index contributed by atoms with van der Waals surface area (Å²) in [5, 5.41) is 19.3. The van der Waals surface area contributed by atoms with E-state index in [-0.39, 0.29) is 19.6 Å². The highest BCUT2D eigenvalue weighted by Crippen LogP contribution is 2.29. The van der Waals surface area contributed by atoms with Crippen molar-refractivity contribution in [2.24, 2.45) is 0 Å². The number of nitrogens with zero attached hydrogens (tertiary/aromatic N) is 1. The van der Waals surface area contributed by atoms with Crippen molar-refractivity contribution in [2.75, 3.05) is 19.8 Å². The van der Waals surface area contributed by atoms with E-state index < -0.39 is 30.5 Å². The van der Waals surface area contributed by atoms with Gasteiger partial charge in [0.05, 0.1) is 13.0 Å². The minimum absolute atomic E-state index is 0.115. The van der Waals surface area contributed by atoms with E-state index in [2.05, 4.69) is 0 Å². The number of ether oxygens (including phenoxy) is 1. The summed E-state index contributed by atoms with van der Waals surface area (Å²) < 4.78 is 4.79. The first-order chi connectivity index (χ1) is 12.0. The molecule has 0 aromatic heterocycles. The van der Waals surface area contributed by atoms with E-state index in [9.17, 15) is 14.4 Å². The van der Waals surface area contributed by atoms with E-state index in [0.29, 0.717) is 16.5 Å². The van der Waals surface area contributed by atoms with Crippen LogP contribution in [0.2, 0.25) is 0 Å². The topological polar surface area (TPSA) is 104 Å². The largest absolute Gasteiger partial charge is 0.463 e. The van der Waals surface area contributed by atoms with Crippen molar-refractivity contribution in [2.45, 2.75) is 12.5 Å². The van der Waals surface area contributed by atoms with Gasteiger partial charge in [-0.1, -0.05) is 24.3 Å². The average Bonchev–Trinajstić information content (AvgIpc) is 2.63. The fourth-order valence-corrected chi connectivity index (χ4v) is 2.80. The summed E-state index contributed by atoms with van der Waals surface area (Å²) in [6.07, 6.45) is -1.33. The van der Waals surface area contributed by atoms with Crippen LogP contribution in [0.4, 0.5) is 0 Å². The van der Waals surface area contributed by atoms with Gasteiger partial charge in [-0.3, -0.25) is 19.3 Å². The summed E-state index contributed by atoms with van der Waals surface area (Å²) in [5.74, 6) is -1.56. The molecule has 0 radical (unpaired) electrons. The number of hydrogen-bond acceptors (Lipinski definition) is 6. The number of aliphatic hydroxyl groups is 2. The van der Waals surface area contributed by atoms with Crippen molar-refractivity contribution in [3.63, 3.8) is 0 Å². The SMILES string of the molecule is O=C(CCN1C(=O)c2cccc3cccc(c23)C1=O)OCC(O)CO. The molecule has 1 unspecified atom stereocenters. The van der Waals surface area contributed by atoms with E-state index in [4.69, 9.17) is 14.9 Å². The molecule has 0 saturated carbocycles. The molecule has 0 saturated heterocycles. The fourth-order valence-electron chi connectivity index (χ4n) is 2.80. The first-order valence-electron chi connectivity index (χ1n) is 7.85. The van der Waals surface area contributed by atoms with Crippen LogP contribution in [0.3, 0.4) is 0 Å². The van der Waals surface area contributed by atoms with Crippen LogP contribution in [-0.4, -0.2) is 58.8 Å². The van der Waals surface area contributed by atoms with Crippen molar-refractivity contribution >= 4 is 28.6 Å². The Bertz CT molecular complexity index is 796. The van der Waals surface area contributed by atoms with Gasteiger partial charge in [-0.2, -0.15) is 0 Å². The number of aliphatic hydroxyl groups excluding tert-OH is 2. The lowest BCUT2D eigenvalue weighted by atomic mass is 9.94. The van der Waals surface area contributed by atoms with E-state index in [1.807, 2.05) is 12.1 Å². The third-order valence-electron chi connectivity index (χ3n) is 4.04. The number of carbonyl (C=O) groups is 3. The van der Waals surface area contributed by atoms with Crippen molar-refractivity contribution in [1.82, 2.24) is 4.90 Å². The molecule has 0 aliphatic carbocycles. The minimum Gasteiger partial charge on any atom is -0.463 e. The lowest BCUT2D eigenvalue weighted by molar-refractivity contribution is -0.147. The van der Waals surface area contributed by atoms with Gasteiger partial charge >= 0.3 is 5.97 Å². The maximum atomic E-state index is 12.6. The quantitative estimate of drug-likeness (QED) is 0.592. The van der Waals surface area contributed by atoms with Crippen LogP contribution in [-0.2, 0) is 9.53 Å². The lowest BCUT2D eigenvalue weighted by Gasteiger charge is -2.26. The molecule has 7 nitrogen and oxygen atoms in total. The fraction of sp³-hybridized carbons (Fsp3) is 0.278. The molecule has 2 aromatic rings. The number of rotatable bonds is 6. The van der Waals surface area contributed by atoms with E-state index in [1.54, 1.807) is 24.3 Å². The Balaban J connectivity index is 1.75.